The highest BCUT2D eigenvalue weighted by molar-refractivity contribution is 7.86. The molecule has 0 aromatic carbocycles. The molecule has 0 aromatic heterocycles. The Morgan fingerprint density at radius 1 is 1.50 bits per heavy atom. The molecule has 2 N–H and O–H groups in total. The van der Waals surface area contributed by atoms with Crippen LogP contribution in [0.3, 0.4) is 0 Å². The summed E-state index contributed by atoms with van der Waals surface area (Å²) in [5.74, 6) is 0. The van der Waals surface area contributed by atoms with Crippen LogP contribution in [0.25, 0.3) is 0 Å². The Hall–Kier alpha value is -0.170. The molecule has 0 aromatic rings. The second-order valence-electron chi connectivity index (χ2n) is 2.49. The van der Waals surface area contributed by atoms with Crippen LogP contribution in [0.5, 0.6) is 0 Å². The maximum atomic E-state index is 10.5. The first-order valence-corrected chi connectivity index (χ1v) is 5.16. The lowest BCUT2D eigenvalue weighted by Gasteiger charge is -2.16. The SMILES string of the molecule is CCCOC(C(C)O)S(=O)(=O)O. The number of hydrogen-bond acceptors (Lipinski definition) is 4. The van der Waals surface area contributed by atoms with Gasteiger partial charge in [0.1, 0.15) is 0 Å². The zero-order valence-corrected chi connectivity index (χ0v) is 7.91. The van der Waals surface area contributed by atoms with Crippen LogP contribution in [0.15, 0.2) is 0 Å². The number of aliphatic hydroxyl groups is 1. The molecule has 0 saturated carbocycles. The molecule has 0 rings (SSSR count). The average molecular weight is 198 g/mol. The van der Waals surface area contributed by atoms with E-state index in [4.69, 9.17) is 14.4 Å². The third-order valence-electron chi connectivity index (χ3n) is 1.17. The number of hydrogen-bond donors (Lipinski definition) is 2. The lowest BCUT2D eigenvalue weighted by atomic mass is 10.4. The van der Waals surface area contributed by atoms with Gasteiger partial charge in [-0.2, -0.15) is 8.42 Å². The molecule has 0 amide bonds. The summed E-state index contributed by atoms with van der Waals surface area (Å²) < 4.78 is 34.4. The summed E-state index contributed by atoms with van der Waals surface area (Å²) in [6, 6.07) is 0. The fraction of sp³-hybridized carbons (Fsp3) is 1.00. The lowest BCUT2D eigenvalue weighted by molar-refractivity contribution is 0.0137. The molecule has 0 aliphatic carbocycles. The molecule has 0 spiro atoms. The third kappa shape index (κ3) is 4.01. The minimum atomic E-state index is -4.31. The van der Waals surface area contributed by atoms with E-state index in [-0.39, 0.29) is 6.61 Å². The van der Waals surface area contributed by atoms with Crippen molar-refractivity contribution in [2.75, 3.05) is 6.61 Å². The molecule has 0 bridgehead atoms. The fourth-order valence-corrected chi connectivity index (χ4v) is 1.47. The minimum Gasteiger partial charge on any atom is -0.389 e. The van der Waals surface area contributed by atoms with E-state index < -0.39 is 21.7 Å². The minimum absolute atomic E-state index is 0.190. The van der Waals surface area contributed by atoms with Crippen LogP contribution in [0.2, 0.25) is 0 Å². The summed E-state index contributed by atoms with van der Waals surface area (Å²) in [5, 5.41) is 8.91. The first kappa shape index (κ1) is 11.8. The smallest absolute Gasteiger partial charge is 0.294 e. The highest BCUT2D eigenvalue weighted by Gasteiger charge is 2.28. The van der Waals surface area contributed by atoms with Crippen molar-refractivity contribution < 1.29 is 22.8 Å². The highest BCUT2D eigenvalue weighted by atomic mass is 32.2. The molecule has 0 radical (unpaired) electrons. The Balaban J connectivity index is 4.26. The van der Waals surface area contributed by atoms with E-state index in [2.05, 4.69) is 0 Å². The Kier molecular flexibility index (Phi) is 4.69. The van der Waals surface area contributed by atoms with Crippen molar-refractivity contribution in [3.05, 3.63) is 0 Å². The van der Waals surface area contributed by atoms with Gasteiger partial charge in [0.25, 0.3) is 10.1 Å². The maximum absolute atomic E-state index is 10.5. The summed E-state index contributed by atoms with van der Waals surface area (Å²) in [5.41, 5.74) is -1.53. The van der Waals surface area contributed by atoms with Crippen LogP contribution in [-0.4, -0.2) is 36.2 Å². The molecule has 6 heteroatoms. The van der Waals surface area contributed by atoms with Gasteiger partial charge in [0.15, 0.2) is 0 Å². The summed E-state index contributed by atoms with van der Waals surface area (Å²) in [7, 11) is -4.31. The molecule has 74 valence electrons. The number of aliphatic hydroxyl groups excluding tert-OH is 1. The average Bonchev–Trinajstić information content (AvgIpc) is 1.84. The van der Waals surface area contributed by atoms with Gasteiger partial charge in [0.2, 0.25) is 5.44 Å². The molecule has 5 nitrogen and oxygen atoms in total. The van der Waals surface area contributed by atoms with E-state index in [0.717, 1.165) is 0 Å². The second-order valence-corrected chi connectivity index (χ2v) is 3.99. The predicted molar refractivity (Wildman–Crippen MR) is 43.3 cm³/mol. The van der Waals surface area contributed by atoms with E-state index in [0.29, 0.717) is 6.42 Å². The van der Waals surface area contributed by atoms with Gasteiger partial charge in [-0.25, -0.2) is 0 Å². The number of rotatable bonds is 5. The Morgan fingerprint density at radius 2 is 2.00 bits per heavy atom. The van der Waals surface area contributed by atoms with Gasteiger partial charge in [0.05, 0.1) is 6.10 Å². The van der Waals surface area contributed by atoms with Gasteiger partial charge in [-0.1, -0.05) is 6.92 Å². The first-order chi connectivity index (χ1) is 5.39. The van der Waals surface area contributed by atoms with E-state index in [1.807, 2.05) is 0 Å². The van der Waals surface area contributed by atoms with Crippen LogP contribution in [0.1, 0.15) is 20.3 Å². The summed E-state index contributed by atoms with van der Waals surface area (Å²) in [6.07, 6.45) is -0.606. The molecule has 2 unspecified atom stereocenters. The molecule has 0 saturated heterocycles. The molecule has 0 fully saturated rings. The Morgan fingerprint density at radius 3 is 2.25 bits per heavy atom. The summed E-state index contributed by atoms with van der Waals surface area (Å²) in [6.45, 7) is 3.23. The van der Waals surface area contributed by atoms with Crippen molar-refractivity contribution in [3.63, 3.8) is 0 Å². The zero-order valence-electron chi connectivity index (χ0n) is 7.10. The van der Waals surface area contributed by atoms with E-state index in [1.165, 1.54) is 6.92 Å². The molecular weight excluding hydrogens is 184 g/mol. The van der Waals surface area contributed by atoms with E-state index >= 15 is 0 Å². The monoisotopic (exact) mass is 198 g/mol. The first-order valence-electron chi connectivity index (χ1n) is 3.65. The molecule has 0 aliphatic rings. The van der Waals surface area contributed by atoms with Crippen LogP contribution < -0.4 is 0 Å². The van der Waals surface area contributed by atoms with Crippen molar-refractivity contribution in [2.45, 2.75) is 31.8 Å². The van der Waals surface area contributed by atoms with E-state index in [9.17, 15) is 8.42 Å². The van der Waals surface area contributed by atoms with Gasteiger partial charge >= 0.3 is 0 Å². The van der Waals surface area contributed by atoms with Crippen LogP contribution >= 0.6 is 0 Å². The zero-order chi connectivity index (χ0) is 9.78. The molecule has 0 aliphatic heterocycles. The summed E-state index contributed by atoms with van der Waals surface area (Å²) >= 11 is 0. The summed E-state index contributed by atoms with van der Waals surface area (Å²) in [4.78, 5) is 0. The van der Waals surface area contributed by atoms with Gasteiger partial charge in [-0.3, -0.25) is 4.55 Å². The third-order valence-corrected chi connectivity index (χ3v) is 2.29. The lowest BCUT2D eigenvalue weighted by Crippen LogP contribution is -2.34. The van der Waals surface area contributed by atoms with Crippen molar-refractivity contribution in [3.8, 4) is 0 Å². The Bertz CT molecular complexity index is 208. The molecule has 2 atom stereocenters. The van der Waals surface area contributed by atoms with Gasteiger partial charge < -0.3 is 9.84 Å². The van der Waals surface area contributed by atoms with Crippen molar-refractivity contribution in [2.24, 2.45) is 0 Å². The highest BCUT2D eigenvalue weighted by Crippen LogP contribution is 2.06. The normalized spacial score (nSPS) is 17.3. The molecule has 12 heavy (non-hydrogen) atoms. The topological polar surface area (TPSA) is 83.8 Å². The molecule has 0 heterocycles. The van der Waals surface area contributed by atoms with E-state index in [1.54, 1.807) is 6.92 Å². The van der Waals surface area contributed by atoms with Crippen molar-refractivity contribution in [1.29, 1.82) is 0 Å². The fourth-order valence-electron chi connectivity index (χ4n) is 0.708. The Labute approximate surface area is 72.1 Å². The van der Waals surface area contributed by atoms with Crippen LogP contribution in [-0.2, 0) is 14.9 Å². The quantitative estimate of drug-likeness (QED) is 0.608. The number of ether oxygens (including phenoxy) is 1. The largest absolute Gasteiger partial charge is 0.389 e. The predicted octanol–water partition coefficient (Wildman–Crippen LogP) is 0.00770. The molecular formula is C6H14O5S. The van der Waals surface area contributed by atoms with Gasteiger partial charge in [0, 0.05) is 6.61 Å². The van der Waals surface area contributed by atoms with Crippen molar-refractivity contribution >= 4 is 10.1 Å². The van der Waals surface area contributed by atoms with Gasteiger partial charge in [-0.05, 0) is 13.3 Å². The standard InChI is InChI=1S/C6H14O5S/c1-3-4-11-6(5(2)7)12(8,9)10/h5-7H,3-4H2,1-2H3,(H,8,9,10). The second kappa shape index (κ2) is 4.76. The van der Waals surface area contributed by atoms with Gasteiger partial charge in [-0.15, -0.1) is 0 Å². The van der Waals surface area contributed by atoms with Crippen molar-refractivity contribution in [1.82, 2.24) is 0 Å². The van der Waals surface area contributed by atoms with Crippen LogP contribution in [0, 0.1) is 0 Å². The maximum Gasteiger partial charge on any atom is 0.294 e. The van der Waals surface area contributed by atoms with Crippen LogP contribution in [0.4, 0.5) is 0 Å².